The molecular weight excluding hydrogens is 468 g/mol. The molecule has 3 fully saturated rings. The van der Waals surface area contributed by atoms with E-state index in [0.717, 1.165) is 37.1 Å². The summed E-state index contributed by atoms with van der Waals surface area (Å²) in [5.74, 6) is 0.865. The molecule has 164 valence electrons. The average molecular weight is 493 g/mol. The molecule has 7 heteroatoms. The number of benzene rings is 2. The van der Waals surface area contributed by atoms with Crippen molar-refractivity contribution in [2.75, 3.05) is 10.2 Å². The summed E-state index contributed by atoms with van der Waals surface area (Å²) in [6, 6.07) is 21.9. The van der Waals surface area contributed by atoms with E-state index in [1.807, 2.05) is 66.7 Å². The van der Waals surface area contributed by atoms with Crippen molar-refractivity contribution in [1.82, 2.24) is 9.97 Å². The van der Waals surface area contributed by atoms with Gasteiger partial charge in [-0.3, -0.25) is 9.69 Å². The fourth-order valence-electron chi connectivity index (χ4n) is 5.35. The van der Waals surface area contributed by atoms with Gasteiger partial charge in [0.1, 0.15) is 11.6 Å². The summed E-state index contributed by atoms with van der Waals surface area (Å²) < 4.78 is 0.460. The van der Waals surface area contributed by atoms with E-state index in [0.29, 0.717) is 22.3 Å². The van der Waals surface area contributed by atoms with Gasteiger partial charge in [-0.05, 0) is 77.7 Å². The Morgan fingerprint density at radius 1 is 0.906 bits per heavy atom. The molecule has 1 heterocycles. The fourth-order valence-corrected chi connectivity index (χ4v) is 5.72. The van der Waals surface area contributed by atoms with Crippen LogP contribution in [0.25, 0.3) is 0 Å². The lowest BCUT2D eigenvalue weighted by Crippen LogP contribution is -2.51. The molecule has 6 rings (SSSR count). The maximum Gasteiger partial charge on any atom is 0.308 e. The first-order chi connectivity index (χ1) is 15.6. The van der Waals surface area contributed by atoms with Crippen LogP contribution in [-0.2, 0) is 4.79 Å². The van der Waals surface area contributed by atoms with Gasteiger partial charge in [-0.25, -0.2) is 9.97 Å². The van der Waals surface area contributed by atoms with E-state index in [1.165, 1.54) is 0 Å². The summed E-state index contributed by atoms with van der Waals surface area (Å²) in [5.41, 5.74) is 1.96. The standard InChI is InChI=1S/C25H25BrN4O2/c26-25-28-20(27-23-17-13-11-16(12-14-17)22(23)24(31)32)15-21(29-25)30(18-7-3-1-4-8-18)19-9-5-2-6-10-19/h1-10,15-17,22-23H,11-14H2,(H,31,32)(H,27,28,29). The zero-order chi connectivity index (χ0) is 22.1. The lowest BCUT2D eigenvalue weighted by Gasteiger charge is -2.47. The smallest absolute Gasteiger partial charge is 0.308 e. The third-order valence-electron chi connectivity index (χ3n) is 6.76. The summed E-state index contributed by atoms with van der Waals surface area (Å²) in [4.78, 5) is 23.3. The Kier molecular flexibility index (Phi) is 5.83. The molecule has 0 saturated heterocycles. The van der Waals surface area contributed by atoms with Gasteiger partial charge in [0.15, 0.2) is 0 Å². The number of carboxylic acids is 1. The largest absolute Gasteiger partial charge is 0.481 e. The lowest BCUT2D eigenvalue weighted by atomic mass is 9.61. The molecule has 0 aliphatic heterocycles. The van der Waals surface area contributed by atoms with E-state index in [2.05, 4.69) is 36.1 Å². The number of nitrogens with one attached hydrogen (secondary N) is 1. The normalized spacial score (nSPS) is 24.2. The minimum Gasteiger partial charge on any atom is -0.481 e. The Bertz CT molecular complexity index is 1050. The van der Waals surface area contributed by atoms with Gasteiger partial charge in [0.05, 0.1) is 5.92 Å². The Morgan fingerprint density at radius 2 is 1.47 bits per heavy atom. The second-order valence-corrected chi connectivity index (χ2v) is 9.31. The molecule has 3 saturated carbocycles. The quantitative estimate of drug-likeness (QED) is 0.410. The maximum absolute atomic E-state index is 12.1. The molecule has 2 N–H and O–H groups in total. The van der Waals surface area contributed by atoms with Crippen LogP contribution in [0, 0.1) is 17.8 Å². The van der Waals surface area contributed by atoms with Crippen LogP contribution in [0.15, 0.2) is 71.5 Å². The van der Waals surface area contributed by atoms with Gasteiger partial charge >= 0.3 is 5.97 Å². The van der Waals surface area contributed by atoms with E-state index >= 15 is 0 Å². The minimum atomic E-state index is -0.708. The molecule has 1 aromatic heterocycles. The van der Waals surface area contributed by atoms with Crippen LogP contribution in [-0.4, -0.2) is 27.1 Å². The Hall–Kier alpha value is -2.93. The number of para-hydroxylation sites is 2. The van der Waals surface area contributed by atoms with Crippen LogP contribution in [0.3, 0.4) is 0 Å². The van der Waals surface area contributed by atoms with Crippen molar-refractivity contribution in [3.8, 4) is 0 Å². The van der Waals surface area contributed by atoms with Gasteiger partial charge in [0, 0.05) is 23.5 Å². The van der Waals surface area contributed by atoms with Gasteiger partial charge < -0.3 is 10.4 Å². The summed E-state index contributed by atoms with van der Waals surface area (Å²) in [5, 5.41) is 13.4. The summed E-state index contributed by atoms with van der Waals surface area (Å²) in [7, 11) is 0. The second kappa shape index (κ2) is 8.90. The predicted molar refractivity (Wildman–Crippen MR) is 128 cm³/mol. The highest BCUT2D eigenvalue weighted by molar-refractivity contribution is 9.10. The van der Waals surface area contributed by atoms with Gasteiger partial charge in [-0.1, -0.05) is 36.4 Å². The van der Waals surface area contributed by atoms with Crippen LogP contribution in [0.1, 0.15) is 25.7 Å². The highest BCUT2D eigenvalue weighted by atomic mass is 79.9. The van der Waals surface area contributed by atoms with Crippen LogP contribution >= 0.6 is 15.9 Å². The SMILES string of the molecule is O=C(O)C1C2CCC(CC2)C1Nc1cc(N(c2ccccc2)c2ccccc2)nc(Br)n1. The summed E-state index contributed by atoms with van der Waals surface area (Å²) in [6.45, 7) is 0. The number of rotatable bonds is 6. The Balaban J connectivity index is 1.52. The van der Waals surface area contributed by atoms with Crippen molar-refractivity contribution in [3.05, 3.63) is 71.5 Å². The van der Waals surface area contributed by atoms with Gasteiger partial charge in [0.2, 0.25) is 4.73 Å². The first-order valence-corrected chi connectivity index (χ1v) is 11.8. The first kappa shape index (κ1) is 20.9. The molecule has 3 aliphatic rings. The number of halogens is 1. The molecule has 2 bridgehead atoms. The molecule has 0 amide bonds. The predicted octanol–water partition coefficient (Wildman–Crippen LogP) is 6.01. The molecule has 3 aromatic rings. The number of anilines is 4. The number of carboxylic acid groups (broad SMARTS) is 1. The highest BCUT2D eigenvalue weighted by Gasteiger charge is 2.47. The maximum atomic E-state index is 12.1. The van der Waals surface area contributed by atoms with Crippen molar-refractivity contribution in [1.29, 1.82) is 0 Å². The summed E-state index contributed by atoms with van der Waals surface area (Å²) >= 11 is 3.47. The van der Waals surface area contributed by atoms with Gasteiger partial charge in [-0.15, -0.1) is 0 Å². The second-order valence-electron chi connectivity index (χ2n) is 8.60. The Morgan fingerprint density at radius 3 is 2.03 bits per heavy atom. The minimum absolute atomic E-state index is 0.114. The van der Waals surface area contributed by atoms with Crippen molar-refractivity contribution in [2.45, 2.75) is 31.7 Å². The number of hydrogen-bond acceptors (Lipinski definition) is 5. The first-order valence-electron chi connectivity index (χ1n) is 11.0. The zero-order valence-electron chi connectivity index (χ0n) is 17.6. The number of nitrogens with zero attached hydrogens (tertiary/aromatic N) is 3. The van der Waals surface area contributed by atoms with Crippen molar-refractivity contribution >= 4 is 44.9 Å². The number of fused-ring (bicyclic) bond motifs is 3. The number of hydrogen-bond donors (Lipinski definition) is 2. The molecule has 2 unspecified atom stereocenters. The van der Waals surface area contributed by atoms with E-state index in [9.17, 15) is 9.90 Å². The molecule has 0 radical (unpaired) electrons. The van der Waals surface area contributed by atoms with E-state index in [4.69, 9.17) is 0 Å². The average Bonchev–Trinajstić information content (AvgIpc) is 2.81. The molecule has 2 aromatic carbocycles. The van der Waals surface area contributed by atoms with Crippen LogP contribution in [0.4, 0.5) is 23.0 Å². The Labute approximate surface area is 195 Å². The van der Waals surface area contributed by atoms with Crippen molar-refractivity contribution in [2.24, 2.45) is 17.8 Å². The molecule has 0 spiro atoms. The van der Waals surface area contributed by atoms with Crippen LogP contribution < -0.4 is 10.2 Å². The molecule has 6 nitrogen and oxygen atoms in total. The van der Waals surface area contributed by atoms with Crippen LogP contribution in [0.2, 0.25) is 0 Å². The van der Waals surface area contributed by atoms with E-state index < -0.39 is 5.97 Å². The lowest BCUT2D eigenvalue weighted by molar-refractivity contribution is -0.148. The van der Waals surface area contributed by atoms with E-state index in [1.54, 1.807) is 0 Å². The van der Waals surface area contributed by atoms with Crippen molar-refractivity contribution < 1.29 is 9.90 Å². The zero-order valence-corrected chi connectivity index (χ0v) is 19.1. The molecular formula is C25H25BrN4O2. The highest BCUT2D eigenvalue weighted by Crippen LogP contribution is 2.46. The molecule has 32 heavy (non-hydrogen) atoms. The number of carbonyl (C=O) groups is 1. The van der Waals surface area contributed by atoms with Crippen molar-refractivity contribution in [3.63, 3.8) is 0 Å². The van der Waals surface area contributed by atoms with Gasteiger partial charge in [0.25, 0.3) is 0 Å². The van der Waals surface area contributed by atoms with Gasteiger partial charge in [-0.2, -0.15) is 0 Å². The number of aliphatic carboxylic acids is 1. The van der Waals surface area contributed by atoms with E-state index in [-0.39, 0.29) is 17.9 Å². The fraction of sp³-hybridized carbons (Fsp3) is 0.320. The topological polar surface area (TPSA) is 78.4 Å². The number of aromatic nitrogens is 2. The third-order valence-corrected chi connectivity index (χ3v) is 7.12. The molecule has 2 atom stereocenters. The van der Waals surface area contributed by atoms with Crippen LogP contribution in [0.5, 0.6) is 0 Å². The monoisotopic (exact) mass is 492 g/mol. The molecule has 3 aliphatic carbocycles. The third kappa shape index (κ3) is 4.09. The summed E-state index contributed by atoms with van der Waals surface area (Å²) in [6.07, 6.45) is 4.17.